The molecule has 0 atom stereocenters. The summed E-state index contributed by atoms with van der Waals surface area (Å²) in [6.07, 6.45) is 23.9. The number of rotatable bonds is 15. The van der Waals surface area contributed by atoms with Crippen molar-refractivity contribution >= 4 is 10.8 Å². The van der Waals surface area contributed by atoms with Crippen LogP contribution in [0.3, 0.4) is 0 Å². The molecule has 0 aliphatic heterocycles. The standard InChI is InChI=1S/C27H40/c1-2-3-4-5-6-7-8-9-10-11-12-13-14-15-16-19-25-22-23-26-20-17-18-21-27(26)24-25/h6-7,17-18,20-24H,2-5,8-16,19H2,1H3/b7-6+. The molecule has 0 unspecified atom stereocenters. The number of fused-ring (bicyclic) bond motifs is 1. The molecule has 0 heteroatoms. The van der Waals surface area contributed by atoms with E-state index in [1.54, 1.807) is 0 Å². The van der Waals surface area contributed by atoms with Crippen LogP contribution < -0.4 is 0 Å². The first-order valence-electron chi connectivity index (χ1n) is 11.5. The van der Waals surface area contributed by atoms with Crippen LogP contribution in [0.25, 0.3) is 10.8 Å². The van der Waals surface area contributed by atoms with Crippen LogP contribution in [-0.4, -0.2) is 0 Å². The largest absolute Gasteiger partial charge is 0.0885 e. The van der Waals surface area contributed by atoms with E-state index >= 15 is 0 Å². The Morgan fingerprint density at radius 2 is 1.19 bits per heavy atom. The zero-order chi connectivity index (χ0) is 19.0. The predicted molar refractivity (Wildman–Crippen MR) is 122 cm³/mol. The molecule has 2 rings (SSSR count). The van der Waals surface area contributed by atoms with E-state index in [0.717, 1.165) is 0 Å². The zero-order valence-corrected chi connectivity index (χ0v) is 17.6. The second-order valence-electron chi connectivity index (χ2n) is 8.02. The van der Waals surface area contributed by atoms with Gasteiger partial charge in [-0.1, -0.05) is 113 Å². The van der Waals surface area contributed by atoms with Crippen LogP contribution in [0.15, 0.2) is 54.6 Å². The first kappa shape index (κ1) is 21.7. The number of hydrogen-bond acceptors (Lipinski definition) is 0. The summed E-state index contributed by atoms with van der Waals surface area (Å²) in [4.78, 5) is 0. The van der Waals surface area contributed by atoms with Crippen LogP contribution in [0.2, 0.25) is 0 Å². The molecule has 0 fully saturated rings. The Morgan fingerprint density at radius 1 is 0.593 bits per heavy atom. The third kappa shape index (κ3) is 9.80. The smallest absolute Gasteiger partial charge is 0.0181 e. The lowest BCUT2D eigenvalue weighted by Crippen LogP contribution is -1.87. The van der Waals surface area contributed by atoms with Gasteiger partial charge in [0.05, 0.1) is 0 Å². The van der Waals surface area contributed by atoms with E-state index < -0.39 is 0 Å². The van der Waals surface area contributed by atoms with E-state index in [9.17, 15) is 0 Å². The molecule has 148 valence electrons. The van der Waals surface area contributed by atoms with Crippen LogP contribution in [0.1, 0.15) is 96.0 Å². The molecule has 0 heterocycles. The maximum Gasteiger partial charge on any atom is -0.0181 e. The molecule has 0 aliphatic rings. The molecule has 0 amide bonds. The van der Waals surface area contributed by atoms with Crippen LogP contribution in [0, 0.1) is 0 Å². The maximum atomic E-state index is 2.41. The summed E-state index contributed by atoms with van der Waals surface area (Å²) in [5, 5.41) is 2.74. The highest BCUT2D eigenvalue weighted by atomic mass is 14.0. The van der Waals surface area contributed by atoms with Gasteiger partial charge in [0.2, 0.25) is 0 Å². The van der Waals surface area contributed by atoms with Gasteiger partial charge in [0, 0.05) is 0 Å². The second-order valence-corrected chi connectivity index (χ2v) is 8.02. The Labute approximate surface area is 168 Å². The third-order valence-electron chi connectivity index (χ3n) is 5.54. The fourth-order valence-corrected chi connectivity index (χ4v) is 3.79. The number of hydrogen-bond donors (Lipinski definition) is 0. The van der Waals surface area contributed by atoms with E-state index in [4.69, 9.17) is 0 Å². The van der Waals surface area contributed by atoms with Crippen LogP contribution >= 0.6 is 0 Å². The fourth-order valence-electron chi connectivity index (χ4n) is 3.79. The Hall–Kier alpha value is -1.56. The van der Waals surface area contributed by atoms with Gasteiger partial charge in [-0.2, -0.15) is 0 Å². The predicted octanol–water partition coefficient (Wildman–Crippen LogP) is 9.03. The van der Waals surface area contributed by atoms with Gasteiger partial charge in [0.1, 0.15) is 0 Å². The Morgan fingerprint density at radius 3 is 1.89 bits per heavy atom. The lowest BCUT2D eigenvalue weighted by atomic mass is 10.0. The van der Waals surface area contributed by atoms with Gasteiger partial charge in [-0.25, -0.2) is 0 Å². The molecule has 0 nitrogen and oxygen atoms in total. The van der Waals surface area contributed by atoms with Crippen molar-refractivity contribution in [1.29, 1.82) is 0 Å². The normalized spacial score (nSPS) is 11.6. The minimum Gasteiger partial charge on any atom is -0.0885 e. The number of unbranched alkanes of at least 4 members (excludes halogenated alkanes) is 11. The Balaban J connectivity index is 1.40. The van der Waals surface area contributed by atoms with Crippen molar-refractivity contribution in [2.45, 2.75) is 96.8 Å². The van der Waals surface area contributed by atoms with E-state index in [1.165, 1.54) is 106 Å². The van der Waals surface area contributed by atoms with Gasteiger partial charge < -0.3 is 0 Å². The molecule has 0 saturated carbocycles. The Bertz CT molecular complexity index is 637. The molecule has 2 aromatic rings. The SMILES string of the molecule is CCCCC/C=C/CCCCCCCCCCc1ccc2ccccc2c1. The summed E-state index contributed by atoms with van der Waals surface area (Å²) in [5.74, 6) is 0. The molecule has 27 heavy (non-hydrogen) atoms. The Kier molecular flexibility index (Phi) is 11.7. The van der Waals surface area contributed by atoms with E-state index in [2.05, 4.69) is 61.5 Å². The topological polar surface area (TPSA) is 0 Å². The fraction of sp³-hybridized carbons (Fsp3) is 0.556. The molecular weight excluding hydrogens is 324 g/mol. The summed E-state index contributed by atoms with van der Waals surface area (Å²) < 4.78 is 0. The monoisotopic (exact) mass is 364 g/mol. The zero-order valence-electron chi connectivity index (χ0n) is 17.6. The molecule has 0 N–H and O–H groups in total. The van der Waals surface area contributed by atoms with Crippen LogP contribution in [-0.2, 0) is 6.42 Å². The first-order valence-corrected chi connectivity index (χ1v) is 11.5. The van der Waals surface area contributed by atoms with Crippen molar-refractivity contribution in [1.82, 2.24) is 0 Å². The summed E-state index contributed by atoms with van der Waals surface area (Å²) in [6.45, 7) is 2.27. The highest BCUT2D eigenvalue weighted by Crippen LogP contribution is 2.18. The lowest BCUT2D eigenvalue weighted by Gasteiger charge is -2.05. The van der Waals surface area contributed by atoms with Gasteiger partial charge in [0.25, 0.3) is 0 Å². The highest BCUT2D eigenvalue weighted by Gasteiger charge is 1.97. The summed E-state index contributed by atoms with van der Waals surface area (Å²) in [7, 11) is 0. The quantitative estimate of drug-likeness (QED) is 0.218. The maximum absolute atomic E-state index is 2.41. The number of benzene rings is 2. The minimum atomic E-state index is 1.23. The molecular formula is C27H40. The van der Waals surface area contributed by atoms with Crippen LogP contribution in [0.4, 0.5) is 0 Å². The summed E-state index contributed by atoms with van der Waals surface area (Å²) >= 11 is 0. The van der Waals surface area contributed by atoms with Gasteiger partial charge in [-0.15, -0.1) is 0 Å². The van der Waals surface area contributed by atoms with Gasteiger partial charge in [-0.3, -0.25) is 0 Å². The molecule has 0 aromatic heterocycles. The van der Waals surface area contributed by atoms with Gasteiger partial charge in [-0.05, 0) is 54.9 Å². The molecule has 0 bridgehead atoms. The number of allylic oxidation sites excluding steroid dienone is 2. The van der Waals surface area contributed by atoms with Crippen molar-refractivity contribution < 1.29 is 0 Å². The van der Waals surface area contributed by atoms with Gasteiger partial charge in [0.15, 0.2) is 0 Å². The molecule has 0 spiro atoms. The molecule has 2 aromatic carbocycles. The lowest BCUT2D eigenvalue weighted by molar-refractivity contribution is 0.569. The van der Waals surface area contributed by atoms with Crippen molar-refractivity contribution in [3.8, 4) is 0 Å². The van der Waals surface area contributed by atoms with E-state index in [1.807, 2.05) is 0 Å². The average molecular weight is 365 g/mol. The third-order valence-corrected chi connectivity index (χ3v) is 5.54. The van der Waals surface area contributed by atoms with Crippen molar-refractivity contribution in [2.24, 2.45) is 0 Å². The van der Waals surface area contributed by atoms with E-state index in [-0.39, 0.29) is 0 Å². The van der Waals surface area contributed by atoms with E-state index in [0.29, 0.717) is 0 Å². The molecule has 0 saturated heterocycles. The molecule has 0 aliphatic carbocycles. The first-order chi connectivity index (χ1) is 13.4. The number of aryl methyl sites for hydroxylation is 1. The minimum absolute atomic E-state index is 1.23. The average Bonchev–Trinajstić information content (AvgIpc) is 2.71. The van der Waals surface area contributed by atoms with Gasteiger partial charge >= 0.3 is 0 Å². The van der Waals surface area contributed by atoms with Crippen molar-refractivity contribution in [2.75, 3.05) is 0 Å². The van der Waals surface area contributed by atoms with Crippen molar-refractivity contribution in [3.05, 3.63) is 60.2 Å². The summed E-state index contributed by atoms with van der Waals surface area (Å²) in [6, 6.07) is 15.6. The van der Waals surface area contributed by atoms with Crippen molar-refractivity contribution in [3.63, 3.8) is 0 Å². The summed E-state index contributed by atoms with van der Waals surface area (Å²) in [5.41, 5.74) is 1.50. The molecule has 0 radical (unpaired) electrons. The second kappa shape index (κ2) is 14.5. The van der Waals surface area contributed by atoms with Crippen LogP contribution in [0.5, 0.6) is 0 Å². The highest BCUT2D eigenvalue weighted by molar-refractivity contribution is 5.82.